The lowest BCUT2D eigenvalue weighted by Crippen LogP contribution is -2.48. The number of rotatable bonds is 6. The Kier molecular flexibility index (Phi) is 6.49. The van der Waals surface area contributed by atoms with Crippen LogP contribution in [-0.2, 0) is 11.3 Å². The number of halogens is 1. The van der Waals surface area contributed by atoms with E-state index in [4.69, 9.17) is 0 Å². The second kappa shape index (κ2) is 8.86. The van der Waals surface area contributed by atoms with E-state index < -0.39 is 0 Å². The predicted octanol–water partition coefficient (Wildman–Crippen LogP) is 2.58. The average molecular weight is 419 g/mol. The zero-order valence-corrected chi connectivity index (χ0v) is 17.2. The highest BCUT2D eigenvalue weighted by molar-refractivity contribution is 7.17. The molecule has 1 amide bonds. The first-order valence-corrected chi connectivity index (χ1v) is 10.0. The van der Waals surface area contributed by atoms with E-state index in [1.165, 1.54) is 21.5 Å². The van der Waals surface area contributed by atoms with Crippen LogP contribution in [0, 0.1) is 12.8 Å². The van der Waals surface area contributed by atoms with E-state index in [2.05, 4.69) is 15.6 Å². The molecule has 0 saturated carbocycles. The number of aryl methyl sites for hydroxylation is 2. The summed E-state index contributed by atoms with van der Waals surface area (Å²) >= 11 is 1.47. The Hall–Kier alpha value is -2.22. The maximum Gasteiger partial charge on any atom is 0.262 e. The molecule has 4 rings (SSSR count). The van der Waals surface area contributed by atoms with Gasteiger partial charge in [-0.1, -0.05) is 29.8 Å². The monoisotopic (exact) mass is 418 g/mol. The van der Waals surface area contributed by atoms with Crippen molar-refractivity contribution in [2.75, 3.05) is 19.6 Å². The van der Waals surface area contributed by atoms with E-state index in [9.17, 15) is 9.59 Å². The zero-order chi connectivity index (χ0) is 18.8. The summed E-state index contributed by atoms with van der Waals surface area (Å²) in [4.78, 5) is 30.2. The molecule has 1 saturated heterocycles. The lowest BCUT2D eigenvalue weighted by molar-refractivity contribution is -0.121. The molecule has 2 aromatic heterocycles. The molecule has 0 radical (unpaired) electrons. The number of nitrogens with zero attached hydrogens (tertiary/aromatic N) is 2. The van der Waals surface area contributed by atoms with Gasteiger partial charge in [0.25, 0.3) is 5.56 Å². The van der Waals surface area contributed by atoms with E-state index in [1.807, 2.05) is 36.6 Å². The number of amides is 1. The molecule has 3 heterocycles. The van der Waals surface area contributed by atoms with Crippen molar-refractivity contribution in [1.82, 2.24) is 20.2 Å². The highest BCUT2D eigenvalue weighted by Crippen LogP contribution is 2.30. The van der Waals surface area contributed by atoms with Gasteiger partial charge in [0.2, 0.25) is 5.91 Å². The lowest BCUT2D eigenvalue weighted by Gasteiger charge is -2.27. The Morgan fingerprint density at radius 1 is 1.32 bits per heavy atom. The molecule has 1 fully saturated rings. The molecule has 0 aliphatic carbocycles. The minimum atomic E-state index is -0.0900. The number of nitrogens with one attached hydrogen (secondary N) is 2. The smallest absolute Gasteiger partial charge is 0.262 e. The van der Waals surface area contributed by atoms with Crippen LogP contribution in [0.15, 0.2) is 40.8 Å². The van der Waals surface area contributed by atoms with Crippen LogP contribution in [0.1, 0.15) is 12.0 Å². The van der Waals surface area contributed by atoms with Gasteiger partial charge in [0.1, 0.15) is 4.83 Å². The summed E-state index contributed by atoms with van der Waals surface area (Å²) < 4.78 is 1.54. The molecular formula is C20H23ClN4O2S. The normalized spacial score (nSPS) is 13.8. The number of benzene rings is 1. The molecule has 0 atom stereocenters. The van der Waals surface area contributed by atoms with Crippen molar-refractivity contribution in [3.05, 3.63) is 51.9 Å². The second-order valence-corrected chi connectivity index (χ2v) is 7.88. The molecule has 28 heavy (non-hydrogen) atoms. The van der Waals surface area contributed by atoms with Gasteiger partial charge in [-0.05, 0) is 12.5 Å². The lowest BCUT2D eigenvalue weighted by atomic mass is 10.0. The molecule has 0 bridgehead atoms. The Labute approximate surface area is 173 Å². The number of carbonyl (C=O) groups is 1. The van der Waals surface area contributed by atoms with E-state index in [-0.39, 0.29) is 30.3 Å². The third-order valence-electron chi connectivity index (χ3n) is 4.96. The molecule has 1 aromatic carbocycles. The van der Waals surface area contributed by atoms with Gasteiger partial charge in [0.15, 0.2) is 0 Å². The minimum absolute atomic E-state index is 0. The first-order valence-electron chi connectivity index (χ1n) is 9.13. The van der Waals surface area contributed by atoms with Gasteiger partial charge in [-0.3, -0.25) is 14.2 Å². The van der Waals surface area contributed by atoms with Crippen molar-refractivity contribution in [3.8, 4) is 11.1 Å². The predicted molar refractivity (Wildman–Crippen MR) is 115 cm³/mol. The summed E-state index contributed by atoms with van der Waals surface area (Å²) in [6, 6.07) is 8.12. The number of hydrogen-bond acceptors (Lipinski definition) is 5. The minimum Gasteiger partial charge on any atom is -0.356 e. The second-order valence-electron chi connectivity index (χ2n) is 7.02. The van der Waals surface area contributed by atoms with Crippen LogP contribution in [-0.4, -0.2) is 35.1 Å². The summed E-state index contributed by atoms with van der Waals surface area (Å²) in [6.45, 7) is 4.98. The summed E-state index contributed by atoms with van der Waals surface area (Å²) in [7, 11) is 0. The molecule has 2 N–H and O–H groups in total. The van der Waals surface area contributed by atoms with E-state index in [0.29, 0.717) is 24.4 Å². The summed E-state index contributed by atoms with van der Waals surface area (Å²) in [6.07, 6.45) is 1.82. The maximum absolute atomic E-state index is 13.0. The molecular weight excluding hydrogens is 396 g/mol. The molecule has 8 heteroatoms. The Balaban J connectivity index is 0.00000225. The quantitative estimate of drug-likeness (QED) is 0.645. The number of thiophene rings is 1. The topological polar surface area (TPSA) is 76.0 Å². The van der Waals surface area contributed by atoms with Crippen LogP contribution in [0.5, 0.6) is 0 Å². The van der Waals surface area contributed by atoms with Gasteiger partial charge in [-0.2, -0.15) is 0 Å². The van der Waals surface area contributed by atoms with Gasteiger partial charge < -0.3 is 10.6 Å². The third kappa shape index (κ3) is 4.27. The van der Waals surface area contributed by atoms with E-state index >= 15 is 0 Å². The Morgan fingerprint density at radius 2 is 2.07 bits per heavy atom. The van der Waals surface area contributed by atoms with Crippen LogP contribution in [0.4, 0.5) is 0 Å². The fourth-order valence-corrected chi connectivity index (χ4v) is 4.04. The van der Waals surface area contributed by atoms with Crippen LogP contribution in [0.3, 0.4) is 0 Å². The average Bonchev–Trinajstić information content (AvgIpc) is 3.05. The van der Waals surface area contributed by atoms with Crippen molar-refractivity contribution in [3.63, 3.8) is 0 Å². The van der Waals surface area contributed by atoms with Crippen molar-refractivity contribution in [2.24, 2.45) is 5.92 Å². The Bertz CT molecular complexity index is 1020. The van der Waals surface area contributed by atoms with Crippen LogP contribution in [0.2, 0.25) is 0 Å². The molecule has 1 aliphatic heterocycles. The van der Waals surface area contributed by atoms with E-state index in [1.54, 1.807) is 6.33 Å². The summed E-state index contributed by atoms with van der Waals surface area (Å²) in [5.74, 6) is 0.496. The van der Waals surface area contributed by atoms with Gasteiger partial charge in [0, 0.05) is 49.5 Å². The molecule has 0 spiro atoms. The maximum atomic E-state index is 13.0. The number of fused-ring (bicyclic) bond motifs is 1. The van der Waals surface area contributed by atoms with Crippen LogP contribution in [0.25, 0.3) is 21.3 Å². The number of hydrogen-bond donors (Lipinski definition) is 2. The van der Waals surface area contributed by atoms with Crippen molar-refractivity contribution in [1.29, 1.82) is 0 Å². The zero-order valence-electron chi connectivity index (χ0n) is 15.6. The third-order valence-corrected chi connectivity index (χ3v) is 5.84. The first-order chi connectivity index (χ1) is 13.1. The van der Waals surface area contributed by atoms with Crippen molar-refractivity contribution >= 4 is 39.9 Å². The number of aromatic nitrogens is 2. The van der Waals surface area contributed by atoms with Gasteiger partial charge in [-0.25, -0.2) is 4.98 Å². The summed E-state index contributed by atoms with van der Waals surface area (Å²) in [5, 5.41) is 8.73. The fraction of sp³-hybridized carbons (Fsp3) is 0.350. The fourth-order valence-electron chi connectivity index (χ4n) is 3.13. The molecule has 6 nitrogen and oxygen atoms in total. The first kappa shape index (κ1) is 20.5. The molecule has 0 unspecified atom stereocenters. The van der Waals surface area contributed by atoms with Gasteiger partial charge >= 0.3 is 0 Å². The number of carbonyl (C=O) groups excluding carboxylic acids is 1. The van der Waals surface area contributed by atoms with Crippen LogP contribution >= 0.6 is 23.7 Å². The van der Waals surface area contributed by atoms with Gasteiger partial charge in [-0.15, -0.1) is 23.7 Å². The molecule has 3 aromatic rings. The SMILES string of the molecule is Cc1ccc(-c2csc3ncn(CCC(=O)NCC4CNC4)c(=O)c23)cc1.Cl. The van der Waals surface area contributed by atoms with Gasteiger partial charge in [0.05, 0.1) is 11.7 Å². The van der Waals surface area contributed by atoms with Crippen LogP contribution < -0.4 is 16.2 Å². The summed E-state index contributed by atoms with van der Waals surface area (Å²) in [5.41, 5.74) is 3.00. The highest BCUT2D eigenvalue weighted by Gasteiger charge is 2.17. The Morgan fingerprint density at radius 3 is 2.75 bits per heavy atom. The molecule has 1 aliphatic rings. The van der Waals surface area contributed by atoms with E-state index in [0.717, 1.165) is 29.0 Å². The van der Waals surface area contributed by atoms with Crippen molar-refractivity contribution in [2.45, 2.75) is 19.9 Å². The highest BCUT2D eigenvalue weighted by atomic mass is 35.5. The largest absolute Gasteiger partial charge is 0.356 e. The van der Waals surface area contributed by atoms with Crippen molar-refractivity contribution < 1.29 is 4.79 Å². The standard InChI is InChI=1S/C20H22N4O2S.ClH/c1-13-2-4-15(5-3-13)16-11-27-19-18(16)20(26)24(12-23-19)7-6-17(25)22-10-14-8-21-9-14;/h2-5,11-12,14,21H,6-10H2,1H3,(H,22,25);1H. The molecule has 148 valence electrons.